The van der Waals surface area contributed by atoms with Gasteiger partial charge in [-0.15, -0.1) is 0 Å². The monoisotopic (exact) mass is 530 g/mol. The molecule has 4 rings (SSSR count). The first kappa shape index (κ1) is 24.4. The Kier molecular flexibility index (Phi) is 7.16. The molecule has 11 heteroatoms. The van der Waals surface area contributed by atoms with Crippen molar-refractivity contribution in [1.29, 1.82) is 0 Å². The van der Waals surface area contributed by atoms with E-state index in [0.29, 0.717) is 27.4 Å². The van der Waals surface area contributed by atoms with Crippen LogP contribution in [0.4, 0.5) is 11.4 Å². The highest BCUT2D eigenvalue weighted by Gasteiger charge is 2.23. The van der Waals surface area contributed by atoms with Crippen molar-refractivity contribution in [2.75, 3.05) is 23.2 Å². The molecule has 1 heterocycles. The van der Waals surface area contributed by atoms with Crippen LogP contribution in [0.2, 0.25) is 15.1 Å². The van der Waals surface area contributed by atoms with E-state index in [2.05, 4.69) is 16.1 Å². The van der Waals surface area contributed by atoms with Gasteiger partial charge in [0.05, 0.1) is 22.8 Å². The van der Waals surface area contributed by atoms with Gasteiger partial charge in [-0.25, -0.2) is 4.68 Å². The predicted molar refractivity (Wildman–Crippen MR) is 137 cm³/mol. The number of benzene rings is 3. The average molecular weight is 532 g/mol. The quantitative estimate of drug-likeness (QED) is 0.293. The van der Waals surface area contributed by atoms with E-state index in [1.807, 2.05) is 0 Å². The number of aromatic nitrogens is 1. The van der Waals surface area contributed by atoms with Crippen molar-refractivity contribution in [3.05, 3.63) is 87.5 Å². The summed E-state index contributed by atoms with van der Waals surface area (Å²) in [4.78, 5) is 38.6. The van der Waals surface area contributed by atoms with Crippen LogP contribution in [0.15, 0.2) is 66.7 Å². The second-order valence-corrected chi connectivity index (χ2v) is 8.45. The molecule has 8 nitrogen and oxygen atoms in total. The number of para-hydroxylation sites is 1. The Morgan fingerprint density at radius 1 is 0.857 bits per heavy atom. The summed E-state index contributed by atoms with van der Waals surface area (Å²) < 4.78 is 6.60. The Bertz CT molecular complexity index is 1470. The molecule has 0 unspecified atom stereocenters. The molecule has 1 aromatic heterocycles. The molecule has 178 valence electrons. The van der Waals surface area contributed by atoms with Crippen LogP contribution in [0.3, 0.4) is 0 Å². The van der Waals surface area contributed by atoms with Crippen molar-refractivity contribution in [2.45, 2.75) is 0 Å². The zero-order valence-corrected chi connectivity index (χ0v) is 20.3. The number of carbonyl (C=O) groups is 3. The number of rotatable bonds is 5. The van der Waals surface area contributed by atoms with E-state index >= 15 is 0 Å². The first-order valence-corrected chi connectivity index (χ1v) is 11.2. The van der Waals surface area contributed by atoms with Gasteiger partial charge in [0.2, 0.25) is 0 Å². The molecule has 3 amide bonds. The maximum atomic E-state index is 13.1. The topological polar surface area (TPSA) is 101 Å². The van der Waals surface area contributed by atoms with Crippen molar-refractivity contribution in [3.8, 4) is 5.75 Å². The van der Waals surface area contributed by atoms with E-state index in [-0.39, 0.29) is 21.4 Å². The van der Waals surface area contributed by atoms with Gasteiger partial charge in [-0.05, 0) is 42.5 Å². The van der Waals surface area contributed by atoms with Gasteiger partial charge in [0, 0.05) is 16.1 Å². The Balaban J connectivity index is 1.68. The van der Waals surface area contributed by atoms with E-state index in [1.165, 1.54) is 17.9 Å². The second kappa shape index (κ2) is 10.3. The minimum Gasteiger partial charge on any atom is -0.494 e. The minimum absolute atomic E-state index is 0.0476. The highest BCUT2D eigenvalue weighted by Crippen LogP contribution is 2.30. The molecule has 0 aliphatic carbocycles. The summed E-state index contributed by atoms with van der Waals surface area (Å²) in [6.45, 7) is 0. The largest absolute Gasteiger partial charge is 0.494 e. The Morgan fingerprint density at radius 3 is 2.34 bits per heavy atom. The summed E-state index contributed by atoms with van der Waals surface area (Å²) in [6, 6.07) is 17.9. The molecule has 0 saturated carbocycles. The highest BCUT2D eigenvalue weighted by atomic mass is 35.5. The first-order chi connectivity index (χ1) is 16.8. The molecular weight excluding hydrogens is 515 g/mol. The SMILES string of the molecule is COc1cccc2cc(C(=O)Nc3cccc(Cl)c3)n(NC(=O)C(=O)Nc3cccc(Cl)c3Cl)c12. The zero-order valence-electron chi connectivity index (χ0n) is 18.1. The zero-order chi connectivity index (χ0) is 25.1. The summed E-state index contributed by atoms with van der Waals surface area (Å²) in [5.41, 5.74) is 3.50. The average Bonchev–Trinajstić information content (AvgIpc) is 3.20. The summed E-state index contributed by atoms with van der Waals surface area (Å²) in [6.07, 6.45) is 0. The normalized spacial score (nSPS) is 10.6. The molecule has 0 atom stereocenters. The molecule has 0 saturated heterocycles. The molecule has 0 aliphatic rings. The van der Waals surface area contributed by atoms with Gasteiger partial charge in [-0.2, -0.15) is 0 Å². The van der Waals surface area contributed by atoms with Crippen LogP contribution >= 0.6 is 34.8 Å². The molecule has 3 aromatic carbocycles. The smallest absolute Gasteiger partial charge is 0.328 e. The third-order valence-electron chi connectivity index (χ3n) is 4.94. The Hall–Kier alpha value is -3.72. The van der Waals surface area contributed by atoms with Crippen LogP contribution in [0.1, 0.15) is 10.5 Å². The van der Waals surface area contributed by atoms with E-state index in [9.17, 15) is 14.4 Å². The number of nitrogens with one attached hydrogen (secondary N) is 3. The summed E-state index contributed by atoms with van der Waals surface area (Å²) >= 11 is 18.1. The second-order valence-electron chi connectivity index (χ2n) is 7.22. The number of methoxy groups -OCH3 is 1. The van der Waals surface area contributed by atoms with Gasteiger partial charge in [-0.3, -0.25) is 19.8 Å². The third kappa shape index (κ3) is 5.19. The molecule has 0 spiro atoms. The number of amides is 3. The van der Waals surface area contributed by atoms with Gasteiger partial charge in [0.15, 0.2) is 0 Å². The number of hydrogen-bond donors (Lipinski definition) is 3. The summed E-state index contributed by atoms with van der Waals surface area (Å²) in [7, 11) is 1.45. The molecule has 35 heavy (non-hydrogen) atoms. The fraction of sp³-hybridized carbons (Fsp3) is 0.0417. The lowest BCUT2D eigenvalue weighted by molar-refractivity contribution is -0.133. The lowest BCUT2D eigenvalue weighted by Crippen LogP contribution is -2.36. The van der Waals surface area contributed by atoms with Crippen LogP contribution in [-0.4, -0.2) is 29.5 Å². The van der Waals surface area contributed by atoms with Crippen LogP contribution in [0.5, 0.6) is 5.75 Å². The molecule has 4 aromatic rings. The van der Waals surface area contributed by atoms with Crippen molar-refractivity contribution in [2.24, 2.45) is 0 Å². The van der Waals surface area contributed by atoms with E-state index in [0.717, 1.165) is 0 Å². The maximum Gasteiger partial charge on any atom is 0.328 e. The third-order valence-corrected chi connectivity index (χ3v) is 6.00. The molecule has 0 aliphatic heterocycles. The lowest BCUT2D eigenvalue weighted by Gasteiger charge is -2.14. The number of nitrogens with zero attached hydrogens (tertiary/aromatic N) is 1. The van der Waals surface area contributed by atoms with Gasteiger partial charge in [-0.1, -0.05) is 59.1 Å². The fourth-order valence-electron chi connectivity index (χ4n) is 3.37. The number of carbonyl (C=O) groups excluding carboxylic acids is 3. The molecule has 0 fully saturated rings. The minimum atomic E-state index is -1.05. The van der Waals surface area contributed by atoms with Crippen molar-refractivity contribution >= 4 is 74.8 Å². The van der Waals surface area contributed by atoms with Crippen molar-refractivity contribution < 1.29 is 19.1 Å². The van der Waals surface area contributed by atoms with Crippen molar-refractivity contribution in [1.82, 2.24) is 4.68 Å². The van der Waals surface area contributed by atoms with E-state index in [4.69, 9.17) is 39.5 Å². The van der Waals surface area contributed by atoms with Crippen LogP contribution in [0.25, 0.3) is 10.9 Å². The Labute approximate surface area is 214 Å². The van der Waals surface area contributed by atoms with Crippen LogP contribution in [0, 0.1) is 0 Å². The Morgan fingerprint density at radius 2 is 1.60 bits per heavy atom. The van der Waals surface area contributed by atoms with Gasteiger partial charge in [0.25, 0.3) is 5.91 Å². The first-order valence-electron chi connectivity index (χ1n) is 10.1. The van der Waals surface area contributed by atoms with Crippen LogP contribution < -0.4 is 20.8 Å². The fourth-order valence-corrected chi connectivity index (χ4v) is 3.91. The van der Waals surface area contributed by atoms with E-state index in [1.54, 1.807) is 60.7 Å². The molecule has 0 bridgehead atoms. The number of ether oxygens (including phenoxy) is 1. The maximum absolute atomic E-state index is 13.1. The summed E-state index contributed by atoms with van der Waals surface area (Å²) in [5, 5.41) is 6.47. The molecule has 3 N–H and O–H groups in total. The van der Waals surface area contributed by atoms with Crippen molar-refractivity contribution in [3.63, 3.8) is 0 Å². The number of hydrogen-bond acceptors (Lipinski definition) is 4. The number of anilines is 2. The van der Waals surface area contributed by atoms with Crippen LogP contribution in [-0.2, 0) is 9.59 Å². The lowest BCUT2D eigenvalue weighted by atomic mass is 10.2. The highest BCUT2D eigenvalue weighted by molar-refractivity contribution is 6.46. The van der Waals surface area contributed by atoms with E-state index < -0.39 is 17.7 Å². The molecular formula is C24H17Cl3N4O4. The predicted octanol–water partition coefficient (Wildman–Crippen LogP) is 5.57. The van der Waals surface area contributed by atoms with Gasteiger partial charge in [0.1, 0.15) is 17.0 Å². The number of fused-ring (bicyclic) bond motifs is 1. The standard InChI is InChI=1S/C24H17Cl3N4O4/c1-35-19-10-2-5-13-11-18(22(32)28-15-7-3-6-14(25)12-15)31(21(13)19)30-24(34)23(33)29-17-9-4-8-16(26)20(17)27/h2-12H,1H3,(H,28,32)(H,29,33)(H,30,34). The van der Waals surface area contributed by atoms with Gasteiger partial charge >= 0.3 is 11.8 Å². The number of halogens is 3. The summed E-state index contributed by atoms with van der Waals surface area (Å²) in [5.74, 6) is -2.25. The molecule has 0 radical (unpaired) electrons. The van der Waals surface area contributed by atoms with Gasteiger partial charge < -0.3 is 15.4 Å².